The minimum absolute atomic E-state index is 0.146. The Labute approximate surface area is 235 Å². The van der Waals surface area contributed by atoms with E-state index in [1.54, 1.807) is 4.90 Å². The van der Waals surface area contributed by atoms with Gasteiger partial charge in [0.1, 0.15) is 11.5 Å². The Morgan fingerprint density at radius 1 is 1.15 bits per heavy atom. The molecule has 2 aliphatic rings. The second kappa shape index (κ2) is 13.6. The molecule has 39 heavy (non-hydrogen) atoms. The van der Waals surface area contributed by atoms with E-state index in [0.29, 0.717) is 55.5 Å². The molecule has 2 fully saturated rings. The van der Waals surface area contributed by atoms with Gasteiger partial charge in [0.25, 0.3) is 11.8 Å². The number of morpholine rings is 1. The van der Waals surface area contributed by atoms with Crippen molar-refractivity contribution in [3.63, 3.8) is 0 Å². The molecule has 1 aromatic heterocycles. The number of hydrogen-bond donors (Lipinski definition) is 2. The number of nitrogens with one attached hydrogen (secondary N) is 2. The van der Waals surface area contributed by atoms with E-state index >= 15 is 0 Å². The smallest absolute Gasteiger partial charge is 0.317 e. The fourth-order valence-electron chi connectivity index (χ4n) is 6.05. The first kappa shape index (κ1) is 29.3. The van der Waals surface area contributed by atoms with Crippen molar-refractivity contribution in [2.45, 2.75) is 68.7 Å². The van der Waals surface area contributed by atoms with Crippen LogP contribution in [0, 0.1) is 17.8 Å². The van der Waals surface area contributed by atoms with Crippen LogP contribution >= 0.6 is 11.8 Å². The average molecular weight is 559 g/mol. The number of carbonyl (C=O) groups excluding carboxylic acids is 2. The van der Waals surface area contributed by atoms with Crippen LogP contribution < -0.4 is 15.4 Å². The molecule has 2 atom stereocenters. The van der Waals surface area contributed by atoms with Gasteiger partial charge in [0.15, 0.2) is 0 Å². The Morgan fingerprint density at radius 3 is 2.51 bits per heavy atom. The van der Waals surface area contributed by atoms with Gasteiger partial charge in [-0.15, -0.1) is 0 Å². The van der Waals surface area contributed by atoms with E-state index in [9.17, 15) is 9.59 Å². The summed E-state index contributed by atoms with van der Waals surface area (Å²) in [5, 5.41) is 10.4. The van der Waals surface area contributed by atoms with Crippen molar-refractivity contribution in [1.82, 2.24) is 20.7 Å². The van der Waals surface area contributed by atoms with Crippen LogP contribution in [0.25, 0.3) is 0 Å². The topological polar surface area (TPSA) is 106 Å². The van der Waals surface area contributed by atoms with Crippen molar-refractivity contribution < 1.29 is 23.6 Å². The summed E-state index contributed by atoms with van der Waals surface area (Å²) in [5.74, 6) is 1.66. The lowest BCUT2D eigenvalue weighted by Crippen LogP contribution is -2.53. The van der Waals surface area contributed by atoms with E-state index in [0.717, 1.165) is 24.2 Å². The van der Waals surface area contributed by atoms with E-state index in [4.69, 9.17) is 14.0 Å². The maximum atomic E-state index is 13.7. The molecule has 2 aromatic rings. The van der Waals surface area contributed by atoms with Crippen LogP contribution in [0.1, 0.15) is 63.9 Å². The molecular formula is C29H42N4O5S. The van der Waals surface area contributed by atoms with Crippen LogP contribution in [0.15, 0.2) is 44.6 Å². The lowest BCUT2D eigenvalue weighted by Gasteiger charge is -2.44. The van der Waals surface area contributed by atoms with Crippen molar-refractivity contribution in [2.75, 3.05) is 39.5 Å². The zero-order valence-corrected chi connectivity index (χ0v) is 24.4. The molecule has 9 nitrogen and oxygen atoms in total. The quantitative estimate of drug-likeness (QED) is 0.385. The van der Waals surface area contributed by atoms with Gasteiger partial charge in [-0.2, -0.15) is 0 Å². The molecular weight excluding hydrogens is 516 g/mol. The summed E-state index contributed by atoms with van der Waals surface area (Å²) in [6.07, 6.45) is 3.98. The molecule has 1 aliphatic heterocycles. The summed E-state index contributed by atoms with van der Waals surface area (Å²) >= 11 is 1.39. The molecule has 2 N–H and O–H groups in total. The van der Waals surface area contributed by atoms with Crippen LogP contribution in [-0.2, 0) is 4.74 Å². The maximum Gasteiger partial charge on any atom is 0.317 e. The molecule has 10 heteroatoms. The molecule has 1 aromatic carbocycles. The number of hydrogen-bond acceptors (Lipinski definition) is 7. The van der Waals surface area contributed by atoms with Gasteiger partial charge in [-0.25, -0.2) is 4.79 Å². The van der Waals surface area contributed by atoms with E-state index in [-0.39, 0.29) is 35.7 Å². The third-order valence-corrected chi connectivity index (χ3v) is 8.24. The Bertz CT molecular complexity index is 1070. The highest BCUT2D eigenvalue weighted by Gasteiger charge is 2.41. The molecule has 214 valence electrons. The maximum absolute atomic E-state index is 13.7. The molecule has 4 rings (SSSR count). The van der Waals surface area contributed by atoms with E-state index in [2.05, 4.69) is 43.5 Å². The van der Waals surface area contributed by atoms with Gasteiger partial charge in [-0.1, -0.05) is 57.7 Å². The highest BCUT2D eigenvalue weighted by molar-refractivity contribution is 7.99. The van der Waals surface area contributed by atoms with Crippen LogP contribution in [-0.4, -0.2) is 67.0 Å². The van der Waals surface area contributed by atoms with Crippen molar-refractivity contribution >= 4 is 23.7 Å². The van der Waals surface area contributed by atoms with Gasteiger partial charge in [-0.05, 0) is 60.7 Å². The first-order valence-electron chi connectivity index (χ1n) is 14.0. The lowest BCUT2D eigenvalue weighted by molar-refractivity contribution is 0.0530. The Hall–Kier alpha value is -2.72. The van der Waals surface area contributed by atoms with E-state index in [1.165, 1.54) is 18.2 Å². The second-order valence-corrected chi connectivity index (χ2v) is 12.5. The third-order valence-electron chi connectivity index (χ3n) is 7.17. The van der Waals surface area contributed by atoms with Crippen LogP contribution in [0.4, 0.5) is 4.79 Å². The predicted molar refractivity (Wildman–Crippen MR) is 150 cm³/mol. The van der Waals surface area contributed by atoms with E-state index < -0.39 is 0 Å². The largest absolute Gasteiger partial charge is 0.473 e. The van der Waals surface area contributed by atoms with Gasteiger partial charge in [0.2, 0.25) is 5.76 Å². The highest BCUT2D eigenvalue weighted by Crippen LogP contribution is 2.41. The van der Waals surface area contributed by atoms with Crippen molar-refractivity contribution in [3.8, 4) is 5.88 Å². The number of aromatic nitrogens is 1. The average Bonchev–Trinajstić information content (AvgIpc) is 3.28. The van der Waals surface area contributed by atoms with Gasteiger partial charge < -0.3 is 29.5 Å². The molecule has 2 unspecified atom stereocenters. The number of amides is 3. The number of benzene rings is 1. The summed E-state index contributed by atoms with van der Waals surface area (Å²) in [6.45, 7) is 11.7. The van der Waals surface area contributed by atoms with Gasteiger partial charge in [0.05, 0.1) is 19.8 Å². The number of rotatable bonds is 10. The van der Waals surface area contributed by atoms with E-state index in [1.807, 2.05) is 30.3 Å². The first-order chi connectivity index (χ1) is 18.7. The third kappa shape index (κ3) is 8.14. The monoisotopic (exact) mass is 558 g/mol. The standard InChI is InChI=1S/C29H42N4O5S/c1-20(2)17-29(18-21(3)16-22(4)19-29)31-26(34)24-25(39-23-8-6-5-7-9-23)27(32-38-24)37-13-10-30-28(35)33-11-14-36-15-12-33/h5-9,20-22H,10-19H2,1-4H3,(H,30,35)(H,31,34). The number of urea groups is 1. The molecule has 2 heterocycles. The number of carbonyl (C=O) groups is 2. The first-order valence-corrected chi connectivity index (χ1v) is 14.8. The van der Waals surface area contributed by atoms with Crippen LogP contribution in [0.5, 0.6) is 5.88 Å². The highest BCUT2D eigenvalue weighted by atomic mass is 32.2. The fourth-order valence-corrected chi connectivity index (χ4v) is 6.99. The molecule has 3 amide bonds. The number of nitrogens with zero attached hydrogens (tertiary/aromatic N) is 2. The fraction of sp³-hybridized carbons (Fsp3) is 0.621. The van der Waals surface area contributed by atoms with Gasteiger partial charge in [0, 0.05) is 23.5 Å². The zero-order chi connectivity index (χ0) is 27.8. The van der Waals surface area contributed by atoms with Crippen LogP contribution in [0.3, 0.4) is 0 Å². The predicted octanol–water partition coefficient (Wildman–Crippen LogP) is 5.22. The Kier molecular flexibility index (Phi) is 10.2. The zero-order valence-electron chi connectivity index (χ0n) is 23.5. The minimum atomic E-state index is -0.283. The summed E-state index contributed by atoms with van der Waals surface area (Å²) < 4.78 is 16.9. The van der Waals surface area contributed by atoms with Crippen molar-refractivity contribution in [3.05, 3.63) is 36.1 Å². The molecule has 1 saturated heterocycles. The van der Waals surface area contributed by atoms with Gasteiger partial charge >= 0.3 is 6.03 Å². The summed E-state index contributed by atoms with van der Waals surface area (Å²) in [4.78, 5) is 29.3. The molecule has 0 bridgehead atoms. The molecule has 1 saturated carbocycles. The number of ether oxygens (including phenoxy) is 2. The second-order valence-electron chi connectivity index (χ2n) is 11.4. The molecule has 0 radical (unpaired) electrons. The van der Waals surface area contributed by atoms with Crippen molar-refractivity contribution in [2.24, 2.45) is 17.8 Å². The van der Waals surface area contributed by atoms with Gasteiger partial charge in [-0.3, -0.25) is 4.79 Å². The summed E-state index contributed by atoms with van der Waals surface area (Å²) in [7, 11) is 0. The molecule has 0 spiro atoms. The SMILES string of the molecule is CC(C)CC1(NC(=O)c2onc(OCCNC(=O)N3CCOCC3)c2Sc2ccccc2)CC(C)CC(C)C1. The Morgan fingerprint density at radius 2 is 1.85 bits per heavy atom. The van der Waals surface area contributed by atoms with Crippen LogP contribution in [0.2, 0.25) is 0 Å². The lowest BCUT2D eigenvalue weighted by atomic mass is 9.68. The summed E-state index contributed by atoms with van der Waals surface area (Å²) in [6, 6.07) is 9.63. The normalized spacial score (nSPS) is 23.5. The minimum Gasteiger partial charge on any atom is -0.473 e. The van der Waals surface area contributed by atoms with Crippen molar-refractivity contribution in [1.29, 1.82) is 0 Å². The molecule has 1 aliphatic carbocycles. The Balaban J connectivity index is 1.48. The summed E-state index contributed by atoms with van der Waals surface area (Å²) in [5.41, 5.74) is -0.283.